The van der Waals surface area contributed by atoms with Gasteiger partial charge in [0.15, 0.2) is 11.5 Å². The van der Waals surface area contributed by atoms with Crippen LogP contribution in [0.5, 0.6) is 11.5 Å². The molecule has 0 saturated carbocycles. The minimum atomic E-state index is -0.00313. The summed E-state index contributed by atoms with van der Waals surface area (Å²) in [7, 11) is 1.59. The van der Waals surface area contributed by atoms with E-state index in [1.54, 1.807) is 7.11 Å². The van der Waals surface area contributed by atoms with E-state index in [2.05, 4.69) is 6.92 Å². The third-order valence-corrected chi connectivity index (χ3v) is 2.02. The molecule has 0 unspecified atom stereocenters. The van der Waals surface area contributed by atoms with Gasteiger partial charge < -0.3 is 15.2 Å². The van der Waals surface area contributed by atoms with Crippen LogP contribution < -0.4 is 15.2 Å². The van der Waals surface area contributed by atoms with Crippen molar-refractivity contribution in [3.8, 4) is 11.5 Å². The summed E-state index contributed by atoms with van der Waals surface area (Å²) in [4.78, 5) is 0. The van der Waals surface area contributed by atoms with E-state index in [1.165, 1.54) is 5.56 Å². The maximum atomic E-state index is 7.06. The second-order valence-electron chi connectivity index (χ2n) is 3.15. The predicted molar refractivity (Wildman–Crippen MR) is 59.8 cm³/mol. The Morgan fingerprint density at radius 2 is 2.13 bits per heavy atom. The van der Waals surface area contributed by atoms with Gasteiger partial charge in [-0.1, -0.05) is 13.0 Å². The van der Waals surface area contributed by atoms with Crippen LogP contribution in [0.1, 0.15) is 12.5 Å². The van der Waals surface area contributed by atoms with Crippen LogP contribution in [0, 0.1) is 5.41 Å². The number of hydrogen-bond acceptors (Lipinski definition) is 3. The van der Waals surface area contributed by atoms with Gasteiger partial charge in [-0.3, -0.25) is 5.41 Å². The van der Waals surface area contributed by atoms with E-state index in [0.717, 1.165) is 6.42 Å². The fourth-order valence-electron chi connectivity index (χ4n) is 1.21. The number of nitrogens with two attached hydrogens (primary N) is 1. The number of aryl methyl sites for hydroxylation is 1. The van der Waals surface area contributed by atoms with Gasteiger partial charge in [-0.25, -0.2) is 0 Å². The lowest BCUT2D eigenvalue weighted by molar-refractivity contribution is 0.333. The van der Waals surface area contributed by atoms with Gasteiger partial charge in [0.25, 0.3) is 0 Å². The molecule has 3 N–H and O–H groups in total. The Morgan fingerprint density at radius 3 is 2.67 bits per heavy atom. The average molecular weight is 208 g/mol. The van der Waals surface area contributed by atoms with E-state index in [1.807, 2.05) is 18.2 Å². The van der Waals surface area contributed by atoms with Crippen LogP contribution in [0.15, 0.2) is 18.2 Å². The summed E-state index contributed by atoms with van der Waals surface area (Å²) in [5.41, 5.74) is 6.39. The number of amidine groups is 1. The van der Waals surface area contributed by atoms with Crippen molar-refractivity contribution in [2.24, 2.45) is 5.73 Å². The molecule has 1 aromatic carbocycles. The van der Waals surface area contributed by atoms with E-state index in [9.17, 15) is 0 Å². The third-order valence-electron chi connectivity index (χ3n) is 2.02. The molecule has 0 radical (unpaired) electrons. The van der Waals surface area contributed by atoms with Gasteiger partial charge in [-0.15, -0.1) is 0 Å². The molecule has 0 heterocycles. The first kappa shape index (κ1) is 11.4. The second kappa shape index (κ2) is 5.24. The van der Waals surface area contributed by atoms with Gasteiger partial charge in [-0.2, -0.15) is 0 Å². The smallest absolute Gasteiger partial charge is 0.161 e. The van der Waals surface area contributed by atoms with E-state index in [-0.39, 0.29) is 12.4 Å². The van der Waals surface area contributed by atoms with Crippen molar-refractivity contribution in [2.75, 3.05) is 13.7 Å². The molecular formula is C11H16N2O2. The first-order chi connectivity index (χ1) is 7.17. The highest BCUT2D eigenvalue weighted by Gasteiger charge is 2.05. The van der Waals surface area contributed by atoms with Crippen molar-refractivity contribution in [1.29, 1.82) is 5.41 Å². The van der Waals surface area contributed by atoms with Crippen LogP contribution in [0.4, 0.5) is 0 Å². The minimum Gasteiger partial charge on any atom is -0.493 e. The maximum Gasteiger partial charge on any atom is 0.161 e. The molecule has 0 spiro atoms. The lowest BCUT2D eigenvalue weighted by atomic mass is 10.1. The summed E-state index contributed by atoms with van der Waals surface area (Å²) < 4.78 is 10.5. The number of methoxy groups -OCH3 is 1. The van der Waals surface area contributed by atoms with Crippen LogP contribution >= 0.6 is 0 Å². The molecule has 0 fully saturated rings. The van der Waals surface area contributed by atoms with Gasteiger partial charge >= 0.3 is 0 Å². The maximum absolute atomic E-state index is 7.06. The van der Waals surface area contributed by atoms with Gasteiger partial charge in [0.05, 0.1) is 7.11 Å². The Morgan fingerprint density at radius 1 is 1.40 bits per heavy atom. The zero-order valence-electron chi connectivity index (χ0n) is 9.04. The van der Waals surface area contributed by atoms with E-state index < -0.39 is 0 Å². The number of nitrogens with one attached hydrogen (secondary N) is 1. The van der Waals surface area contributed by atoms with Crippen LogP contribution in [0.25, 0.3) is 0 Å². The van der Waals surface area contributed by atoms with Gasteiger partial charge in [-0.05, 0) is 24.1 Å². The van der Waals surface area contributed by atoms with Gasteiger partial charge in [0.1, 0.15) is 12.4 Å². The topological polar surface area (TPSA) is 68.3 Å². The van der Waals surface area contributed by atoms with Crippen molar-refractivity contribution >= 4 is 5.84 Å². The molecule has 0 aliphatic carbocycles. The quantitative estimate of drug-likeness (QED) is 0.570. The fourth-order valence-corrected chi connectivity index (χ4v) is 1.21. The van der Waals surface area contributed by atoms with Crippen molar-refractivity contribution in [3.05, 3.63) is 23.8 Å². The van der Waals surface area contributed by atoms with Crippen molar-refractivity contribution in [1.82, 2.24) is 0 Å². The molecule has 0 aliphatic heterocycles. The first-order valence-electron chi connectivity index (χ1n) is 4.80. The van der Waals surface area contributed by atoms with E-state index in [4.69, 9.17) is 20.6 Å². The lowest BCUT2D eigenvalue weighted by Gasteiger charge is -2.10. The van der Waals surface area contributed by atoms with E-state index in [0.29, 0.717) is 11.5 Å². The molecule has 0 atom stereocenters. The number of hydrogen-bond donors (Lipinski definition) is 2. The monoisotopic (exact) mass is 208 g/mol. The normalized spacial score (nSPS) is 9.73. The molecular weight excluding hydrogens is 192 g/mol. The highest BCUT2D eigenvalue weighted by Crippen LogP contribution is 2.28. The van der Waals surface area contributed by atoms with Crippen molar-refractivity contribution in [2.45, 2.75) is 13.3 Å². The number of rotatable bonds is 5. The van der Waals surface area contributed by atoms with E-state index >= 15 is 0 Å². The predicted octanol–water partition coefficient (Wildman–Crippen LogP) is 1.57. The number of ether oxygens (including phenoxy) is 2. The molecule has 0 amide bonds. The molecule has 82 valence electrons. The van der Waals surface area contributed by atoms with Gasteiger partial charge in [0.2, 0.25) is 0 Å². The summed E-state index contributed by atoms with van der Waals surface area (Å²) in [5, 5.41) is 7.06. The Bertz CT molecular complexity index is 350. The molecule has 0 aromatic heterocycles. The molecule has 1 rings (SSSR count). The highest BCUT2D eigenvalue weighted by molar-refractivity contribution is 5.78. The Balaban J connectivity index is 2.82. The van der Waals surface area contributed by atoms with Crippen molar-refractivity contribution in [3.63, 3.8) is 0 Å². The summed E-state index contributed by atoms with van der Waals surface area (Å²) in [6, 6.07) is 5.73. The van der Waals surface area contributed by atoms with Crippen LogP contribution in [0.3, 0.4) is 0 Å². The molecule has 0 aliphatic rings. The zero-order valence-corrected chi connectivity index (χ0v) is 9.04. The summed E-state index contributed by atoms with van der Waals surface area (Å²) in [6.45, 7) is 2.16. The van der Waals surface area contributed by atoms with Crippen molar-refractivity contribution < 1.29 is 9.47 Å². The molecule has 4 nitrogen and oxygen atoms in total. The molecule has 1 aromatic rings. The molecule has 0 saturated heterocycles. The Labute approximate surface area is 89.5 Å². The summed E-state index contributed by atoms with van der Waals surface area (Å²) in [6.07, 6.45) is 0.948. The summed E-state index contributed by atoms with van der Waals surface area (Å²) in [5.74, 6) is 1.29. The minimum absolute atomic E-state index is 0.00313. The largest absolute Gasteiger partial charge is 0.493 e. The second-order valence-corrected chi connectivity index (χ2v) is 3.15. The average Bonchev–Trinajstić information content (AvgIpc) is 2.25. The van der Waals surface area contributed by atoms with Crippen LogP contribution in [-0.2, 0) is 6.42 Å². The molecule has 0 bridgehead atoms. The number of benzene rings is 1. The van der Waals surface area contributed by atoms with Crippen LogP contribution in [0.2, 0.25) is 0 Å². The standard InChI is InChI=1S/C11H16N2O2/c1-3-8-4-5-9(10(6-8)14-2)15-7-11(12)13/h4-6H,3,7H2,1-2H3,(H3,12,13). The highest BCUT2D eigenvalue weighted by atomic mass is 16.5. The fraction of sp³-hybridized carbons (Fsp3) is 0.364. The summed E-state index contributed by atoms with van der Waals surface area (Å²) >= 11 is 0. The molecule has 4 heteroatoms. The SMILES string of the molecule is CCc1ccc(OCC(=N)N)c(OC)c1. The zero-order chi connectivity index (χ0) is 11.3. The Kier molecular flexibility index (Phi) is 3.97. The lowest BCUT2D eigenvalue weighted by Crippen LogP contribution is -2.19. The van der Waals surface area contributed by atoms with Crippen LogP contribution in [-0.4, -0.2) is 19.6 Å². The first-order valence-corrected chi connectivity index (χ1v) is 4.80. The molecule has 15 heavy (non-hydrogen) atoms. The third kappa shape index (κ3) is 3.16. The van der Waals surface area contributed by atoms with Gasteiger partial charge in [0, 0.05) is 0 Å². The Hall–Kier alpha value is -1.71.